The van der Waals surface area contributed by atoms with E-state index in [-0.39, 0.29) is 6.03 Å². The van der Waals surface area contributed by atoms with E-state index in [0.29, 0.717) is 18.1 Å². The quantitative estimate of drug-likeness (QED) is 0.783. The summed E-state index contributed by atoms with van der Waals surface area (Å²) >= 11 is 0. The zero-order valence-electron chi connectivity index (χ0n) is 13.5. The first-order valence-electron chi connectivity index (χ1n) is 7.17. The third-order valence-corrected chi connectivity index (χ3v) is 2.98. The van der Waals surface area contributed by atoms with E-state index in [1.807, 2.05) is 38.1 Å². The molecule has 0 aliphatic rings. The number of benzene rings is 1. The lowest BCUT2D eigenvalue weighted by Crippen LogP contribution is -2.46. The Morgan fingerprint density at radius 1 is 1.30 bits per heavy atom. The van der Waals surface area contributed by atoms with E-state index < -0.39 is 5.54 Å². The van der Waals surface area contributed by atoms with Crippen molar-refractivity contribution in [2.45, 2.75) is 19.4 Å². The van der Waals surface area contributed by atoms with Crippen LogP contribution in [0.2, 0.25) is 0 Å². The van der Waals surface area contributed by atoms with Crippen molar-refractivity contribution in [2.24, 2.45) is 5.73 Å². The number of carbonyl (C=O) groups excluding carboxylic acids is 1. The molecule has 4 N–H and O–H groups in total. The van der Waals surface area contributed by atoms with Crippen LogP contribution < -0.4 is 21.1 Å². The van der Waals surface area contributed by atoms with Gasteiger partial charge < -0.3 is 15.8 Å². The topological polar surface area (TPSA) is 102 Å². The van der Waals surface area contributed by atoms with Gasteiger partial charge in [-0.05, 0) is 26.0 Å². The molecule has 1 aromatic carbocycles. The van der Waals surface area contributed by atoms with E-state index in [2.05, 4.69) is 20.6 Å². The molecule has 2 aromatic rings. The SMILES string of the molecule is COc1cccc(-c2cc(NC(=O)NCC(C)(C)N)ncn2)c1. The molecule has 1 heterocycles. The van der Waals surface area contributed by atoms with Gasteiger partial charge in [0.25, 0.3) is 0 Å². The number of urea groups is 1. The summed E-state index contributed by atoms with van der Waals surface area (Å²) < 4.78 is 5.20. The summed E-state index contributed by atoms with van der Waals surface area (Å²) in [5.74, 6) is 1.14. The fourth-order valence-electron chi connectivity index (χ4n) is 1.83. The second-order valence-electron chi connectivity index (χ2n) is 5.82. The molecule has 0 aliphatic carbocycles. The normalized spacial score (nSPS) is 11.0. The van der Waals surface area contributed by atoms with Gasteiger partial charge in [0.1, 0.15) is 17.9 Å². The maximum Gasteiger partial charge on any atom is 0.320 e. The molecule has 1 aromatic heterocycles. The van der Waals surface area contributed by atoms with Gasteiger partial charge in [0.05, 0.1) is 12.8 Å². The van der Waals surface area contributed by atoms with Crippen molar-refractivity contribution in [1.82, 2.24) is 15.3 Å². The molecule has 0 saturated heterocycles. The zero-order chi connectivity index (χ0) is 16.9. The molecule has 7 heteroatoms. The molecule has 122 valence electrons. The summed E-state index contributed by atoms with van der Waals surface area (Å²) in [4.78, 5) is 20.1. The van der Waals surface area contributed by atoms with E-state index >= 15 is 0 Å². The van der Waals surface area contributed by atoms with Crippen LogP contribution >= 0.6 is 0 Å². The van der Waals surface area contributed by atoms with Crippen LogP contribution in [0.5, 0.6) is 5.75 Å². The van der Waals surface area contributed by atoms with Crippen LogP contribution in [0.4, 0.5) is 10.6 Å². The Balaban J connectivity index is 2.09. The highest BCUT2D eigenvalue weighted by molar-refractivity contribution is 5.88. The maximum absolute atomic E-state index is 11.8. The number of nitrogens with one attached hydrogen (secondary N) is 2. The van der Waals surface area contributed by atoms with E-state index in [4.69, 9.17) is 10.5 Å². The molecule has 2 rings (SSSR count). The number of carbonyl (C=O) groups is 1. The largest absolute Gasteiger partial charge is 0.497 e. The molecule has 0 bridgehead atoms. The number of aromatic nitrogens is 2. The van der Waals surface area contributed by atoms with Crippen LogP contribution in [-0.2, 0) is 0 Å². The zero-order valence-corrected chi connectivity index (χ0v) is 13.5. The molecule has 7 nitrogen and oxygen atoms in total. The second kappa shape index (κ2) is 7.06. The van der Waals surface area contributed by atoms with Gasteiger partial charge in [0.15, 0.2) is 0 Å². The molecule has 0 spiro atoms. The number of nitrogens with two attached hydrogens (primary N) is 1. The first-order valence-corrected chi connectivity index (χ1v) is 7.17. The summed E-state index contributed by atoms with van der Waals surface area (Å²) in [6.07, 6.45) is 1.40. The van der Waals surface area contributed by atoms with Gasteiger partial charge in [-0.3, -0.25) is 5.32 Å². The average Bonchev–Trinajstić information content (AvgIpc) is 2.53. The third kappa shape index (κ3) is 5.23. The number of amides is 2. The number of hydrogen-bond donors (Lipinski definition) is 3. The van der Waals surface area contributed by atoms with E-state index in [1.165, 1.54) is 6.33 Å². The Kier molecular flexibility index (Phi) is 5.13. The highest BCUT2D eigenvalue weighted by Crippen LogP contribution is 2.23. The lowest BCUT2D eigenvalue weighted by molar-refractivity contribution is 0.249. The number of rotatable bonds is 5. The van der Waals surface area contributed by atoms with Crippen molar-refractivity contribution in [3.8, 4) is 17.0 Å². The van der Waals surface area contributed by atoms with Crippen LogP contribution in [0.1, 0.15) is 13.8 Å². The Hall–Kier alpha value is -2.67. The fraction of sp³-hybridized carbons (Fsp3) is 0.312. The van der Waals surface area contributed by atoms with Crippen molar-refractivity contribution >= 4 is 11.8 Å². The summed E-state index contributed by atoms with van der Waals surface area (Å²) in [6, 6.07) is 8.83. The lowest BCUT2D eigenvalue weighted by atomic mass is 10.1. The molecule has 0 unspecified atom stereocenters. The minimum atomic E-state index is -0.477. The maximum atomic E-state index is 11.8. The second-order valence-corrected chi connectivity index (χ2v) is 5.82. The smallest absolute Gasteiger partial charge is 0.320 e. The predicted octanol–water partition coefficient (Wildman–Crippen LogP) is 2.01. The summed E-state index contributed by atoms with van der Waals surface area (Å²) in [5.41, 5.74) is 6.91. The Morgan fingerprint density at radius 2 is 2.09 bits per heavy atom. The molecule has 0 radical (unpaired) electrons. The van der Waals surface area contributed by atoms with Gasteiger partial charge in [-0.15, -0.1) is 0 Å². The molecule has 0 fully saturated rings. The number of ether oxygens (including phenoxy) is 1. The van der Waals surface area contributed by atoms with E-state index in [9.17, 15) is 4.79 Å². The van der Waals surface area contributed by atoms with Crippen LogP contribution in [0.3, 0.4) is 0 Å². The Morgan fingerprint density at radius 3 is 2.78 bits per heavy atom. The molecule has 0 saturated carbocycles. The minimum absolute atomic E-state index is 0.354. The standard InChI is InChI=1S/C16H21N5O2/c1-16(2,17)9-18-15(22)21-14-8-13(19-10-20-14)11-5-4-6-12(7-11)23-3/h4-8,10H,9,17H2,1-3H3,(H2,18,19,20,21,22). The highest BCUT2D eigenvalue weighted by Gasteiger charge is 2.12. The Bertz CT molecular complexity index is 682. The van der Waals surface area contributed by atoms with Crippen molar-refractivity contribution in [2.75, 3.05) is 19.0 Å². The van der Waals surface area contributed by atoms with E-state index in [1.54, 1.807) is 13.2 Å². The van der Waals surface area contributed by atoms with Gasteiger partial charge in [-0.25, -0.2) is 14.8 Å². The summed E-state index contributed by atoms with van der Waals surface area (Å²) in [5, 5.41) is 5.36. The van der Waals surface area contributed by atoms with Crippen LogP contribution in [0.15, 0.2) is 36.7 Å². The molecule has 0 atom stereocenters. The summed E-state index contributed by atoms with van der Waals surface area (Å²) in [7, 11) is 1.61. The Labute approximate surface area is 135 Å². The van der Waals surface area contributed by atoms with Gasteiger partial charge in [-0.1, -0.05) is 12.1 Å². The lowest BCUT2D eigenvalue weighted by Gasteiger charge is -2.18. The number of hydrogen-bond acceptors (Lipinski definition) is 5. The van der Waals surface area contributed by atoms with Crippen molar-refractivity contribution in [1.29, 1.82) is 0 Å². The first-order chi connectivity index (χ1) is 10.9. The van der Waals surface area contributed by atoms with Crippen LogP contribution in [0.25, 0.3) is 11.3 Å². The van der Waals surface area contributed by atoms with Gasteiger partial charge in [0, 0.05) is 23.7 Å². The molecule has 23 heavy (non-hydrogen) atoms. The van der Waals surface area contributed by atoms with Gasteiger partial charge >= 0.3 is 6.03 Å². The first kappa shape index (κ1) is 16.7. The number of methoxy groups -OCH3 is 1. The fourth-order valence-corrected chi connectivity index (χ4v) is 1.83. The van der Waals surface area contributed by atoms with Crippen LogP contribution in [-0.4, -0.2) is 35.2 Å². The summed E-state index contributed by atoms with van der Waals surface area (Å²) in [6.45, 7) is 4.02. The van der Waals surface area contributed by atoms with E-state index in [0.717, 1.165) is 11.3 Å². The van der Waals surface area contributed by atoms with Gasteiger partial charge in [0.2, 0.25) is 0 Å². The molecule has 0 aliphatic heterocycles. The highest BCUT2D eigenvalue weighted by atomic mass is 16.5. The van der Waals surface area contributed by atoms with Crippen molar-refractivity contribution in [3.63, 3.8) is 0 Å². The number of nitrogens with zero attached hydrogens (tertiary/aromatic N) is 2. The van der Waals surface area contributed by atoms with Crippen molar-refractivity contribution in [3.05, 3.63) is 36.7 Å². The minimum Gasteiger partial charge on any atom is -0.497 e. The average molecular weight is 315 g/mol. The van der Waals surface area contributed by atoms with Gasteiger partial charge in [-0.2, -0.15) is 0 Å². The molecular formula is C16H21N5O2. The van der Waals surface area contributed by atoms with Crippen LogP contribution in [0, 0.1) is 0 Å². The molecular weight excluding hydrogens is 294 g/mol. The number of anilines is 1. The third-order valence-electron chi connectivity index (χ3n) is 2.98. The monoisotopic (exact) mass is 315 g/mol. The predicted molar refractivity (Wildman–Crippen MR) is 89.3 cm³/mol. The van der Waals surface area contributed by atoms with Crippen molar-refractivity contribution < 1.29 is 9.53 Å². The molecule has 2 amide bonds.